The third-order valence-electron chi connectivity index (χ3n) is 3.42. The highest BCUT2D eigenvalue weighted by Crippen LogP contribution is 2.30. The minimum atomic E-state index is -0.882. The molecule has 2 amide bonds. The number of esters is 1. The summed E-state index contributed by atoms with van der Waals surface area (Å²) in [7, 11) is 0. The lowest BCUT2D eigenvalue weighted by Gasteiger charge is -2.39. The Bertz CT molecular complexity index is 468. The summed E-state index contributed by atoms with van der Waals surface area (Å²) in [5, 5.41) is 0. The lowest BCUT2D eigenvalue weighted by molar-refractivity contribution is -0.281. The molecule has 0 aromatic heterocycles. The second-order valence-electron chi connectivity index (χ2n) is 5.84. The molecule has 0 N–H and O–H groups in total. The van der Waals surface area contributed by atoms with Gasteiger partial charge in [-0.3, -0.25) is 19.3 Å². The van der Waals surface area contributed by atoms with Gasteiger partial charge in [-0.1, -0.05) is 0 Å². The quantitative estimate of drug-likeness (QED) is 0.546. The zero-order valence-electron chi connectivity index (χ0n) is 12.4. The Labute approximate surface area is 122 Å². The Hall–Kier alpha value is -1.73. The number of hydrogen-bond donors (Lipinski definition) is 0. The first-order valence-corrected chi connectivity index (χ1v) is 6.72. The van der Waals surface area contributed by atoms with Crippen LogP contribution in [0.2, 0.25) is 0 Å². The van der Waals surface area contributed by atoms with Crippen LogP contribution in [0.3, 0.4) is 0 Å². The summed E-state index contributed by atoms with van der Waals surface area (Å²) in [6, 6.07) is 0. The van der Waals surface area contributed by atoms with Crippen molar-refractivity contribution in [2.75, 3.05) is 26.4 Å². The topological polar surface area (TPSA) is 82.1 Å². The molecule has 0 spiro atoms. The zero-order valence-corrected chi connectivity index (χ0v) is 12.4. The van der Waals surface area contributed by atoms with Crippen LogP contribution < -0.4 is 0 Å². The maximum Gasteiger partial charge on any atom is 0.316 e. The lowest BCUT2D eigenvalue weighted by atomic mass is 9.92. The Balaban J connectivity index is 1.80. The van der Waals surface area contributed by atoms with E-state index in [4.69, 9.17) is 14.2 Å². The summed E-state index contributed by atoms with van der Waals surface area (Å²) < 4.78 is 16.1. The molecule has 2 rings (SSSR count). The summed E-state index contributed by atoms with van der Waals surface area (Å²) in [6.45, 7) is 5.63. The molecule has 7 nitrogen and oxygen atoms in total. The molecular formula is C14H19NO6. The van der Waals surface area contributed by atoms with E-state index < -0.39 is 29.0 Å². The van der Waals surface area contributed by atoms with Crippen LogP contribution in [-0.2, 0) is 28.6 Å². The lowest BCUT2D eigenvalue weighted by Crippen LogP contribution is -2.50. The summed E-state index contributed by atoms with van der Waals surface area (Å²) in [6.07, 6.45) is 2.38. The van der Waals surface area contributed by atoms with E-state index in [2.05, 4.69) is 0 Å². The van der Waals surface area contributed by atoms with Crippen molar-refractivity contribution in [3.8, 4) is 0 Å². The van der Waals surface area contributed by atoms with Gasteiger partial charge in [-0.05, 0) is 20.8 Å². The minimum absolute atomic E-state index is 0.0414. The minimum Gasteiger partial charge on any atom is -0.463 e. The van der Waals surface area contributed by atoms with E-state index in [1.807, 2.05) is 0 Å². The largest absolute Gasteiger partial charge is 0.463 e. The highest BCUT2D eigenvalue weighted by Gasteiger charge is 2.43. The van der Waals surface area contributed by atoms with Crippen molar-refractivity contribution >= 4 is 17.8 Å². The predicted molar refractivity (Wildman–Crippen MR) is 70.9 cm³/mol. The Morgan fingerprint density at radius 1 is 1.19 bits per heavy atom. The fraction of sp³-hybridized carbons (Fsp3) is 0.643. The Morgan fingerprint density at radius 3 is 2.24 bits per heavy atom. The van der Waals surface area contributed by atoms with Crippen molar-refractivity contribution in [1.29, 1.82) is 0 Å². The molecule has 0 bridgehead atoms. The molecule has 2 heterocycles. The number of imide groups is 1. The van der Waals surface area contributed by atoms with Gasteiger partial charge in [0.05, 0.1) is 19.8 Å². The molecule has 116 valence electrons. The predicted octanol–water partition coefficient (Wildman–Crippen LogP) is 0.244. The van der Waals surface area contributed by atoms with Crippen LogP contribution in [0.4, 0.5) is 0 Å². The summed E-state index contributed by atoms with van der Waals surface area (Å²) in [5.41, 5.74) is -0.882. The first kappa shape index (κ1) is 15.7. The van der Waals surface area contributed by atoms with Gasteiger partial charge in [-0.25, -0.2) is 0 Å². The molecule has 1 saturated heterocycles. The SMILES string of the molecule is CC1(C)OCC(C)(C(=O)OCCN2C(=O)C=CC2=O)CO1. The molecule has 0 aromatic carbocycles. The van der Waals surface area contributed by atoms with Crippen molar-refractivity contribution < 1.29 is 28.6 Å². The number of nitrogens with zero attached hydrogens (tertiary/aromatic N) is 1. The van der Waals surface area contributed by atoms with Gasteiger partial charge in [0.1, 0.15) is 12.0 Å². The fourth-order valence-corrected chi connectivity index (χ4v) is 1.92. The number of ether oxygens (including phenoxy) is 3. The van der Waals surface area contributed by atoms with Crippen molar-refractivity contribution in [1.82, 2.24) is 4.90 Å². The molecule has 0 aromatic rings. The van der Waals surface area contributed by atoms with E-state index in [1.165, 1.54) is 12.2 Å². The van der Waals surface area contributed by atoms with Crippen LogP contribution in [0.1, 0.15) is 20.8 Å². The van der Waals surface area contributed by atoms with Crippen LogP contribution in [0.25, 0.3) is 0 Å². The van der Waals surface area contributed by atoms with Gasteiger partial charge in [0.25, 0.3) is 11.8 Å². The Kier molecular flexibility index (Phi) is 4.15. The standard InChI is InChI=1S/C14H19NO6/c1-13(2)20-8-14(3,9-21-13)12(18)19-7-6-15-10(16)4-5-11(15)17/h4-5H,6-9H2,1-3H3. The van der Waals surface area contributed by atoms with Crippen molar-refractivity contribution in [2.45, 2.75) is 26.6 Å². The van der Waals surface area contributed by atoms with Gasteiger partial charge in [-0.15, -0.1) is 0 Å². The molecule has 2 aliphatic heterocycles. The fourth-order valence-electron chi connectivity index (χ4n) is 1.92. The van der Waals surface area contributed by atoms with Gasteiger partial charge in [0.15, 0.2) is 5.79 Å². The summed E-state index contributed by atoms with van der Waals surface area (Å²) in [4.78, 5) is 35.8. The molecular weight excluding hydrogens is 278 g/mol. The number of amides is 2. The molecule has 0 saturated carbocycles. The van der Waals surface area contributed by atoms with Gasteiger partial charge >= 0.3 is 5.97 Å². The maximum absolute atomic E-state index is 12.1. The second kappa shape index (κ2) is 5.57. The number of carbonyl (C=O) groups excluding carboxylic acids is 3. The van der Waals surface area contributed by atoms with E-state index in [-0.39, 0.29) is 26.4 Å². The van der Waals surface area contributed by atoms with Gasteiger partial charge in [0, 0.05) is 12.2 Å². The van der Waals surface area contributed by atoms with Gasteiger partial charge in [0.2, 0.25) is 0 Å². The van der Waals surface area contributed by atoms with Crippen LogP contribution in [0, 0.1) is 5.41 Å². The highest BCUT2D eigenvalue weighted by molar-refractivity contribution is 6.12. The van der Waals surface area contributed by atoms with Crippen LogP contribution >= 0.6 is 0 Å². The average molecular weight is 297 g/mol. The van der Waals surface area contributed by atoms with E-state index in [0.29, 0.717) is 0 Å². The Morgan fingerprint density at radius 2 is 1.71 bits per heavy atom. The molecule has 1 fully saturated rings. The first-order chi connectivity index (χ1) is 9.73. The molecule has 0 atom stereocenters. The van der Waals surface area contributed by atoms with E-state index in [0.717, 1.165) is 4.90 Å². The zero-order chi connectivity index (χ0) is 15.7. The van der Waals surface area contributed by atoms with Crippen molar-refractivity contribution in [3.05, 3.63) is 12.2 Å². The van der Waals surface area contributed by atoms with E-state index >= 15 is 0 Å². The maximum atomic E-state index is 12.1. The van der Waals surface area contributed by atoms with E-state index in [1.54, 1.807) is 20.8 Å². The third-order valence-corrected chi connectivity index (χ3v) is 3.42. The normalized spacial score (nSPS) is 23.5. The third kappa shape index (κ3) is 3.48. The summed E-state index contributed by atoms with van der Waals surface area (Å²) in [5.74, 6) is -1.97. The molecule has 2 aliphatic rings. The molecule has 0 aliphatic carbocycles. The number of carbonyl (C=O) groups is 3. The average Bonchev–Trinajstić information content (AvgIpc) is 2.74. The number of rotatable bonds is 4. The van der Waals surface area contributed by atoms with Crippen molar-refractivity contribution in [3.63, 3.8) is 0 Å². The molecule has 0 unspecified atom stereocenters. The monoisotopic (exact) mass is 297 g/mol. The van der Waals surface area contributed by atoms with Crippen LogP contribution in [-0.4, -0.2) is 54.8 Å². The van der Waals surface area contributed by atoms with Crippen LogP contribution in [0.15, 0.2) is 12.2 Å². The molecule has 0 radical (unpaired) electrons. The van der Waals surface area contributed by atoms with E-state index in [9.17, 15) is 14.4 Å². The van der Waals surface area contributed by atoms with Crippen molar-refractivity contribution in [2.24, 2.45) is 5.41 Å². The highest BCUT2D eigenvalue weighted by atomic mass is 16.7. The first-order valence-electron chi connectivity index (χ1n) is 6.72. The number of hydrogen-bond acceptors (Lipinski definition) is 6. The second-order valence-corrected chi connectivity index (χ2v) is 5.84. The van der Waals surface area contributed by atoms with Crippen LogP contribution in [0.5, 0.6) is 0 Å². The molecule has 7 heteroatoms. The smallest absolute Gasteiger partial charge is 0.316 e. The van der Waals surface area contributed by atoms with Gasteiger partial charge in [-0.2, -0.15) is 0 Å². The summed E-state index contributed by atoms with van der Waals surface area (Å²) >= 11 is 0. The van der Waals surface area contributed by atoms with Gasteiger partial charge < -0.3 is 14.2 Å². The molecule has 21 heavy (non-hydrogen) atoms.